The molecule has 5 rings (SSSR count). The Morgan fingerprint density at radius 1 is 1.06 bits per heavy atom. The lowest BCUT2D eigenvalue weighted by Crippen LogP contribution is -2.22. The molecule has 0 unspecified atom stereocenters. The summed E-state index contributed by atoms with van der Waals surface area (Å²) < 4.78 is 69.3. The van der Waals surface area contributed by atoms with Gasteiger partial charge in [-0.3, -0.25) is 9.36 Å². The molecule has 0 aliphatic heterocycles. The third kappa shape index (κ3) is 4.31. The number of nitrogens with zero attached hydrogens (tertiary/aromatic N) is 4. The summed E-state index contributed by atoms with van der Waals surface area (Å²) in [5.41, 5.74) is -0.320. The number of aryl methyl sites for hydroxylation is 1. The molecule has 5 nitrogen and oxygen atoms in total. The number of hydrogen-bond acceptors (Lipinski definition) is 4. The number of hydrogen-bond donors (Lipinski definition) is 0. The monoisotopic (exact) mass is 492 g/mol. The van der Waals surface area contributed by atoms with Crippen LogP contribution in [0, 0.1) is 11.6 Å². The predicted octanol–water partition coefficient (Wildman–Crippen LogP) is 5.55. The zero-order valence-electron chi connectivity index (χ0n) is 17.5. The summed E-state index contributed by atoms with van der Waals surface area (Å²) >= 11 is 1.16. The molecule has 11 heteroatoms. The Morgan fingerprint density at radius 2 is 1.79 bits per heavy atom. The first-order chi connectivity index (χ1) is 16.2. The van der Waals surface area contributed by atoms with E-state index in [9.17, 15) is 26.7 Å². The summed E-state index contributed by atoms with van der Waals surface area (Å²) in [6, 6.07) is 8.01. The molecule has 0 bridgehead atoms. The number of imidazole rings is 1. The molecule has 34 heavy (non-hydrogen) atoms. The normalized spacial score (nSPS) is 14.1. The van der Waals surface area contributed by atoms with Crippen molar-refractivity contribution in [3.05, 3.63) is 81.9 Å². The number of thioether (sulfide) groups is 1. The first-order valence-electron chi connectivity index (χ1n) is 10.5. The van der Waals surface area contributed by atoms with E-state index in [4.69, 9.17) is 0 Å². The third-order valence-corrected chi connectivity index (χ3v) is 6.51. The lowest BCUT2D eigenvalue weighted by Gasteiger charge is -2.13. The predicted molar refractivity (Wildman–Crippen MR) is 117 cm³/mol. The van der Waals surface area contributed by atoms with Crippen LogP contribution in [0.4, 0.5) is 22.0 Å². The van der Waals surface area contributed by atoms with Crippen LogP contribution in [0.3, 0.4) is 0 Å². The van der Waals surface area contributed by atoms with Gasteiger partial charge in [-0.2, -0.15) is 13.2 Å². The van der Waals surface area contributed by atoms with Crippen LogP contribution < -0.4 is 5.56 Å². The average Bonchev–Trinajstić information content (AvgIpc) is 3.54. The fourth-order valence-electron chi connectivity index (χ4n) is 3.66. The van der Waals surface area contributed by atoms with Crippen molar-refractivity contribution in [2.45, 2.75) is 36.6 Å². The third-order valence-electron chi connectivity index (χ3n) is 5.57. The molecule has 1 aliphatic rings. The van der Waals surface area contributed by atoms with E-state index in [-0.39, 0.29) is 29.3 Å². The standard InChI is InChI=1S/C23H17F5N4OS/c24-15-3-5-17(6-4-15)32-21(33)19-20(31(12-29-19)16-7-8-16)30-22(32)34-10-9-13-1-2-14(11-18(13)25)23(26,27)28/h1-6,11-12,16H,7-10H2. The number of alkyl halides is 3. The highest BCUT2D eigenvalue weighted by molar-refractivity contribution is 7.99. The lowest BCUT2D eigenvalue weighted by atomic mass is 10.1. The molecule has 0 spiro atoms. The molecule has 4 aromatic rings. The van der Waals surface area contributed by atoms with Gasteiger partial charge in [0.15, 0.2) is 16.3 Å². The van der Waals surface area contributed by atoms with Gasteiger partial charge < -0.3 is 4.57 Å². The molecular formula is C23H17F5N4OS. The van der Waals surface area contributed by atoms with Crippen LogP contribution in [0.1, 0.15) is 30.0 Å². The number of rotatable bonds is 6. The summed E-state index contributed by atoms with van der Waals surface area (Å²) in [6.45, 7) is 0. The molecule has 176 valence electrons. The van der Waals surface area contributed by atoms with Crippen molar-refractivity contribution in [2.75, 3.05) is 5.75 Å². The largest absolute Gasteiger partial charge is 0.416 e. The van der Waals surface area contributed by atoms with Gasteiger partial charge in [-0.05, 0) is 61.2 Å². The number of fused-ring (bicyclic) bond motifs is 1. The second-order valence-electron chi connectivity index (χ2n) is 7.97. The highest BCUT2D eigenvalue weighted by Gasteiger charge is 2.31. The Bertz CT molecular complexity index is 1420. The van der Waals surface area contributed by atoms with E-state index in [0.29, 0.717) is 22.6 Å². The fourth-order valence-corrected chi connectivity index (χ4v) is 4.64. The molecule has 2 aromatic heterocycles. The first-order valence-corrected chi connectivity index (χ1v) is 11.4. The topological polar surface area (TPSA) is 52.7 Å². The zero-order chi connectivity index (χ0) is 24.0. The van der Waals surface area contributed by atoms with Crippen molar-refractivity contribution in [3.63, 3.8) is 0 Å². The number of halogens is 5. The first kappa shape index (κ1) is 22.6. The van der Waals surface area contributed by atoms with Crippen LogP contribution >= 0.6 is 11.8 Å². The molecule has 0 amide bonds. The Labute approximate surface area is 194 Å². The van der Waals surface area contributed by atoms with Crippen LogP contribution in [0.5, 0.6) is 0 Å². The summed E-state index contributed by atoms with van der Waals surface area (Å²) in [5, 5.41) is 0.304. The molecule has 2 aromatic carbocycles. The van der Waals surface area contributed by atoms with E-state index >= 15 is 0 Å². The highest BCUT2D eigenvalue weighted by Crippen LogP contribution is 2.37. The molecule has 0 N–H and O–H groups in total. The van der Waals surface area contributed by atoms with Gasteiger partial charge in [0.2, 0.25) is 0 Å². The summed E-state index contributed by atoms with van der Waals surface area (Å²) in [7, 11) is 0. The molecule has 0 atom stereocenters. The maximum Gasteiger partial charge on any atom is 0.416 e. The molecule has 1 aliphatic carbocycles. The van der Waals surface area contributed by atoms with Crippen LogP contribution in [-0.2, 0) is 12.6 Å². The number of aromatic nitrogens is 4. The minimum absolute atomic E-state index is 0.119. The molecule has 0 radical (unpaired) electrons. The van der Waals surface area contributed by atoms with Crippen molar-refractivity contribution >= 4 is 22.9 Å². The molecule has 1 saturated carbocycles. The second kappa shape index (κ2) is 8.53. The van der Waals surface area contributed by atoms with Gasteiger partial charge in [0.1, 0.15) is 11.6 Å². The Hall–Kier alpha value is -3.21. The van der Waals surface area contributed by atoms with Gasteiger partial charge in [-0.1, -0.05) is 17.8 Å². The van der Waals surface area contributed by atoms with Crippen molar-refractivity contribution in [1.29, 1.82) is 0 Å². The maximum absolute atomic E-state index is 14.2. The minimum Gasteiger partial charge on any atom is -0.312 e. The van der Waals surface area contributed by atoms with E-state index in [1.54, 1.807) is 6.33 Å². The van der Waals surface area contributed by atoms with Crippen molar-refractivity contribution in [2.24, 2.45) is 0 Å². The zero-order valence-corrected chi connectivity index (χ0v) is 18.3. The van der Waals surface area contributed by atoms with E-state index < -0.39 is 28.9 Å². The van der Waals surface area contributed by atoms with Gasteiger partial charge in [-0.15, -0.1) is 0 Å². The summed E-state index contributed by atoms with van der Waals surface area (Å²) in [4.78, 5) is 22.2. The maximum atomic E-state index is 14.2. The smallest absolute Gasteiger partial charge is 0.312 e. The van der Waals surface area contributed by atoms with Crippen molar-refractivity contribution in [3.8, 4) is 5.69 Å². The van der Waals surface area contributed by atoms with E-state index in [0.717, 1.165) is 36.7 Å². The minimum atomic E-state index is -4.62. The van der Waals surface area contributed by atoms with Crippen molar-refractivity contribution in [1.82, 2.24) is 19.1 Å². The molecule has 2 heterocycles. The Morgan fingerprint density at radius 3 is 2.44 bits per heavy atom. The average molecular weight is 492 g/mol. The van der Waals surface area contributed by atoms with Crippen LogP contribution in [-0.4, -0.2) is 24.9 Å². The van der Waals surface area contributed by atoms with Crippen LogP contribution in [0.25, 0.3) is 16.9 Å². The van der Waals surface area contributed by atoms with E-state index in [1.165, 1.54) is 28.8 Å². The summed E-state index contributed by atoms with van der Waals surface area (Å²) in [5.74, 6) is -1.16. The van der Waals surface area contributed by atoms with Gasteiger partial charge in [0.05, 0.1) is 17.6 Å². The quantitative estimate of drug-likeness (QED) is 0.201. The second-order valence-corrected chi connectivity index (χ2v) is 9.03. The van der Waals surface area contributed by atoms with E-state index in [1.807, 2.05) is 4.57 Å². The van der Waals surface area contributed by atoms with E-state index in [2.05, 4.69) is 9.97 Å². The molecule has 1 fully saturated rings. The van der Waals surface area contributed by atoms with Crippen LogP contribution in [0.15, 0.2) is 58.7 Å². The summed E-state index contributed by atoms with van der Waals surface area (Å²) in [6.07, 6.45) is -0.998. The lowest BCUT2D eigenvalue weighted by molar-refractivity contribution is -0.137. The van der Waals surface area contributed by atoms with Gasteiger partial charge in [0, 0.05) is 11.8 Å². The van der Waals surface area contributed by atoms with Gasteiger partial charge in [0.25, 0.3) is 5.56 Å². The fraction of sp³-hybridized carbons (Fsp3) is 0.261. The van der Waals surface area contributed by atoms with Gasteiger partial charge in [-0.25, -0.2) is 18.7 Å². The number of benzene rings is 2. The van der Waals surface area contributed by atoms with Gasteiger partial charge >= 0.3 is 6.18 Å². The molecule has 0 saturated heterocycles. The Kier molecular flexibility index (Phi) is 5.67. The molecular weight excluding hydrogens is 475 g/mol. The SMILES string of the molecule is O=c1c2ncn(C3CC3)c2nc(SCCc2ccc(C(F)(F)F)cc2F)n1-c1ccc(F)cc1. The van der Waals surface area contributed by atoms with Crippen molar-refractivity contribution < 1.29 is 22.0 Å². The highest BCUT2D eigenvalue weighted by atomic mass is 32.2. The van der Waals surface area contributed by atoms with Crippen LogP contribution in [0.2, 0.25) is 0 Å². The Balaban J connectivity index is 1.48.